The van der Waals surface area contributed by atoms with E-state index in [1.807, 2.05) is 12.1 Å². The first kappa shape index (κ1) is 10.8. The van der Waals surface area contributed by atoms with E-state index >= 15 is 0 Å². The maximum Gasteiger partial charge on any atom is 0.240 e. The van der Waals surface area contributed by atoms with E-state index in [0.717, 1.165) is 11.5 Å². The number of hydrazone groups is 1. The van der Waals surface area contributed by atoms with Crippen LogP contribution < -0.4 is 0 Å². The van der Waals surface area contributed by atoms with Crippen molar-refractivity contribution in [1.82, 2.24) is 5.01 Å². The standard InChI is InChI=1S/C13H12N2O3/c1-9(16)15-11(13-5-3-7-18-13)8-10(14-15)12-4-2-6-17-12/h2-7,11H,8H2,1H3/t11-/m1/s1. The molecule has 0 unspecified atom stereocenters. The SMILES string of the molecule is CC(=O)N1N=C(c2ccco2)C[C@@H]1c1ccco1. The van der Waals surface area contributed by atoms with E-state index in [4.69, 9.17) is 8.83 Å². The second-order valence-corrected chi connectivity index (χ2v) is 4.12. The van der Waals surface area contributed by atoms with Crippen molar-refractivity contribution in [2.75, 3.05) is 0 Å². The average Bonchev–Trinajstić information content (AvgIpc) is 3.10. The van der Waals surface area contributed by atoms with E-state index in [9.17, 15) is 4.79 Å². The lowest BCUT2D eigenvalue weighted by Crippen LogP contribution is -2.23. The number of hydrogen-bond donors (Lipinski definition) is 0. The van der Waals surface area contributed by atoms with Gasteiger partial charge in [-0.3, -0.25) is 4.79 Å². The van der Waals surface area contributed by atoms with Crippen molar-refractivity contribution < 1.29 is 13.6 Å². The molecule has 0 spiro atoms. The largest absolute Gasteiger partial charge is 0.467 e. The molecule has 1 amide bonds. The molecule has 5 heteroatoms. The fourth-order valence-corrected chi connectivity index (χ4v) is 2.09. The van der Waals surface area contributed by atoms with Gasteiger partial charge in [0.15, 0.2) is 0 Å². The van der Waals surface area contributed by atoms with E-state index in [-0.39, 0.29) is 11.9 Å². The maximum atomic E-state index is 11.6. The van der Waals surface area contributed by atoms with Crippen LogP contribution >= 0.6 is 0 Å². The van der Waals surface area contributed by atoms with E-state index < -0.39 is 0 Å². The predicted molar refractivity (Wildman–Crippen MR) is 63.8 cm³/mol. The molecular formula is C13H12N2O3. The molecule has 0 aromatic carbocycles. The Kier molecular flexibility index (Phi) is 2.51. The Bertz CT molecular complexity index is 569. The van der Waals surface area contributed by atoms with Crippen LogP contribution in [0, 0.1) is 0 Å². The molecule has 0 radical (unpaired) electrons. The number of hydrogen-bond acceptors (Lipinski definition) is 4. The Morgan fingerprint density at radius 2 is 2.11 bits per heavy atom. The molecule has 0 aliphatic carbocycles. The number of rotatable bonds is 2. The first-order chi connectivity index (χ1) is 8.75. The molecule has 0 fully saturated rings. The molecule has 3 rings (SSSR count). The minimum atomic E-state index is -0.183. The highest BCUT2D eigenvalue weighted by Crippen LogP contribution is 2.32. The van der Waals surface area contributed by atoms with Crippen LogP contribution in [0.15, 0.2) is 50.7 Å². The lowest BCUT2D eigenvalue weighted by molar-refractivity contribution is -0.130. The smallest absolute Gasteiger partial charge is 0.240 e. The Hall–Kier alpha value is -2.30. The van der Waals surface area contributed by atoms with Crippen LogP contribution in [0.1, 0.15) is 30.9 Å². The summed E-state index contributed by atoms with van der Waals surface area (Å²) in [5.74, 6) is 1.31. The summed E-state index contributed by atoms with van der Waals surface area (Å²) >= 11 is 0. The van der Waals surface area contributed by atoms with Gasteiger partial charge < -0.3 is 8.83 Å². The molecule has 2 aromatic heterocycles. The summed E-state index contributed by atoms with van der Waals surface area (Å²) in [6, 6.07) is 7.11. The zero-order valence-electron chi connectivity index (χ0n) is 9.87. The van der Waals surface area contributed by atoms with Gasteiger partial charge in [-0.15, -0.1) is 0 Å². The van der Waals surface area contributed by atoms with Crippen molar-refractivity contribution in [3.8, 4) is 0 Å². The third-order valence-corrected chi connectivity index (χ3v) is 2.91. The van der Waals surface area contributed by atoms with Crippen LogP contribution in [0.5, 0.6) is 0 Å². The van der Waals surface area contributed by atoms with Gasteiger partial charge in [-0.05, 0) is 24.3 Å². The number of furan rings is 2. The fourth-order valence-electron chi connectivity index (χ4n) is 2.09. The second kappa shape index (κ2) is 4.18. The van der Waals surface area contributed by atoms with E-state index in [1.54, 1.807) is 24.7 Å². The summed E-state index contributed by atoms with van der Waals surface area (Å²) in [4.78, 5) is 11.6. The molecule has 1 atom stereocenters. The van der Waals surface area contributed by atoms with Gasteiger partial charge in [0.05, 0.1) is 12.5 Å². The van der Waals surface area contributed by atoms with Crippen LogP contribution in [-0.2, 0) is 4.79 Å². The van der Waals surface area contributed by atoms with Crippen LogP contribution in [0.25, 0.3) is 0 Å². The van der Waals surface area contributed by atoms with Gasteiger partial charge in [0.1, 0.15) is 23.3 Å². The third kappa shape index (κ3) is 1.73. The van der Waals surface area contributed by atoms with Gasteiger partial charge >= 0.3 is 0 Å². The highest BCUT2D eigenvalue weighted by Gasteiger charge is 2.33. The van der Waals surface area contributed by atoms with E-state index in [1.165, 1.54) is 11.9 Å². The summed E-state index contributed by atoms with van der Waals surface area (Å²) in [6.07, 6.45) is 3.79. The summed E-state index contributed by atoms with van der Waals surface area (Å²) in [6.45, 7) is 1.49. The summed E-state index contributed by atoms with van der Waals surface area (Å²) in [5.41, 5.74) is 0.761. The number of carbonyl (C=O) groups excluding carboxylic acids is 1. The molecule has 1 aliphatic rings. The van der Waals surface area contributed by atoms with Crippen LogP contribution in [-0.4, -0.2) is 16.6 Å². The molecular weight excluding hydrogens is 232 g/mol. The lowest BCUT2D eigenvalue weighted by Gasteiger charge is -2.17. The van der Waals surface area contributed by atoms with Gasteiger partial charge in [-0.2, -0.15) is 5.10 Å². The first-order valence-electron chi connectivity index (χ1n) is 5.70. The highest BCUT2D eigenvalue weighted by molar-refractivity contribution is 6.00. The van der Waals surface area contributed by atoms with E-state index in [0.29, 0.717) is 12.2 Å². The molecule has 1 aliphatic heterocycles. The monoisotopic (exact) mass is 244 g/mol. The van der Waals surface area contributed by atoms with Gasteiger partial charge in [0.2, 0.25) is 5.91 Å². The molecule has 3 heterocycles. The lowest BCUT2D eigenvalue weighted by atomic mass is 10.1. The van der Waals surface area contributed by atoms with Gasteiger partial charge in [0, 0.05) is 13.3 Å². The number of amides is 1. The predicted octanol–water partition coefficient (Wildman–Crippen LogP) is 2.57. The Labute approximate surface area is 104 Å². The molecule has 0 saturated carbocycles. The number of carbonyl (C=O) groups is 1. The van der Waals surface area contributed by atoms with Gasteiger partial charge in [-0.1, -0.05) is 0 Å². The quantitative estimate of drug-likeness (QED) is 0.815. The normalized spacial score (nSPS) is 19.1. The van der Waals surface area contributed by atoms with Gasteiger partial charge in [0.25, 0.3) is 0 Å². The average molecular weight is 244 g/mol. The minimum Gasteiger partial charge on any atom is -0.467 e. The van der Waals surface area contributed by atoms with Crippen molar-refractivity contribution in [2.24, 2.45) is 5.10 Å². The molecule has 0 saturated heterocycles. The van der Waals surface area contributed by atoms with Crippen molar-refractivity contribution in [3.63, 3.8) is 0 Å². The van der Waals surface area contributed by atoms with Gasteiger partial charge in [-0.25, -0.2) is 5.01 Å². The Morgan fingerprint density at radius 1 is 1.33 bits per heavy atom. The van der Waals surface area contributed by atoms with Crippen molar-refractivity contribution >= 4 is 11.6 Å². The van der Waals surface area contributed by atoms with Crippen molar-refractivity contribution in [1.29, 1.82) is 0 Å². The van der Waals surface area contributed by atoms with Crippen LogP contribution in [0.2, 0.25) is 0 Å². The molecule has 92 valence electrons. The van der Waals surface area contributed by atoms with Crippen molar-refractivity contribution in [2.45, 2.75) is 19.4 Å². The molecule has 0 bridgehead atoms. The molecule has 2 aromatic rings. The summed E-state index contributed by atoms with van der Waals surface area (Å²) in [5, 5.41) is 5.76. The van der Waals surface area contributed by atoms with Crippen molar-refractivity contribution in [3.05, 3.63) is 48.3 Å². The molecule has 5 nitrogen and oxygen atoms in total. The first-order valence-corrected chi connectivity index (χ1v) is 5.70. The highest BCUT2D eigenvalue weighted by atomic mass is 16.3. The Morgan fingerprint density at radius 3 is 2.72 bits per heavy atom. The second-order valence-electron chi connectivity index (χ2n) is 4.12. The molecule has 18 heavy (non-hydrogen) atoms. The Balaban J connectivity index is 1.93. The van der Waals surface area contributed by atoms with E-state index in [2.05, 4.69) is 5.10 Å². The summed E-state index contributed by atoms with van der Waals surface area (Å²) < 4.78 is 10.7. The third-order valence-electron chi connectivity index (χ3n) is 2.91. The van der Waals surface area contributed by atoms with Crippen LogP contribution in [0.3, 0.4) is 0 Å². The van der Waals surface area contributed by atoms with Crippen LogP contribution in [0.4, 0.5) is 0 Å². The molecule has 0 N–H and O–H groups in total. The maximum absolute atomic E-state index is 11.6. The number of nitrogens with zero attached hydrogens (tertiary/aromatic N) is 2. The summed E-state index contributed by atoms with van der Waals surface area (Å²) in [7, 11) is 0. The topological polar surface area (TPSA) is 59.0 Å². The zero-order valence-corrected chi connectivity index (χ0v) is 9.87. The fraction of sp³-hybridized carbons (Fsp3) is 0.231. The minimum absolute atomic E-state index is 0.113. The zero-order chi connectivity index (χ0) is 12.5.